The maximum absolute atomic E-state index is 12.0. The third-order valence-electron chi connectivity index (χ3n) is 3.24. The Morgan fingerprint density at radius 3 is 2.94 bits per heavy atom. The first-order valence-corrected chi connectivity index (χ1v) is 6.01. The maximum atomic E-state index is 12.0. The van der Waals surface area contributed by atoms with Crippen LogP contribution in [0.5, 0.6) is 0 Å². The van der Waals surface area contributed by atoms with Crippen molar-refractivity contribution in [3.63, 3.8) is 0 Å². The quantitative estimate of drug-likeness (QED) is 0.617. The van der Waals surface area contributed by atoms with Crippen LogP contribution in [-0.4, -0.2) is 72.2 Å². The van der Waals surface area contributed by atoms with Gasteiger partial charge in [-0.3, -0.25) is 9.59 Å². The molecule has 0 aliphatic carbocycles. The lowest BCUT2D eigenvalue weighted by atomic mass is 10.1. The lowest BCUT2D eigenvalue weighted by Gasteiger charge is -2.36. The zero-order valence-electron chi connectivity index (χ0n) is 9.80. The molecule has 0 spiro atoms. The number of fused-ring (bicyclic) bond motifs is 1. The summed E-state index contributed by atoms with van der Waals surface area (Å²) in [7, 11) is 0. The molecule has 6 heteroatoms. The second kappa shape index (κ2) is 5.46. The number of carbonyl (C=O) groups is 2. The molecule has 2 aliphatic heterocycles. The van der Waals surface area contributed by atoms with Crippen LogP contribution in [0.25, 0.3) is 0 Å². The Balaban J connectivity index is 1.86. The number of carbonyl (C=O) groups excluding carboxylic acids is 2. The van der Waals surface area contributed by atoms with Gasteiger partial charge in [-0.05, 0) is 12.8 Å². The summed E-state index contributed by atoms with van der Waals surface area (Å²) < 4.78 is 5.11. The van der Waals surface area contributed by atoms with Gasteiger partial charge in [0.1, 0.15) is 6.04 Å². The summed E-state index contributed by atoms with van der Waals surface area (Å²) in [6.45, 7) is 1.91. The van der Waals surface area contributed by atoms with Crippen LogP contribution in [-0.2, 0) is 14.3 Å². The zero-order chi connectivity index (χ0) is 12.3. The largest absolute Gasteiger partial charge is 0.394 e. The first-order valence-electron chi connectivity index (χ1n) is 6.01. The lowest BCUT2D eigenvalue weighted by Crippen LogP contribution is -2.57. The first kappa shape index (κ1) is 12.3. The number of aliphatic hydroxyl groups excluding tert-OH is 1. The molecule has 2 amide bonds. The van der Waals surface area contributed by atoms with E-state index >= 15 is 0 Å². The van der Waals surface area contributed by atoms with E-state index in [0.29, 0.717) is 19.7 Å². The summed E-state index contributed by atoms with van der Waals surface area (Å²) in [4.78, 5) is 27.1. The summed E-state index contributed by atoms with van der Waals surface area (Å²) in [6.07, 6.45) is 1.69. The molecule has 2 saturated heterocycles. The van der Waals surface area contributed by atoms with Gasteiger partial charge in [0.15, 0.2) is 0 Å². The van der Waals surface area contributed by atoms with E-state index in [1.807, 2.05) is 0 Å². The van der Waals surface area contributed by atoms with Gasteiger partial charge < -0.3 is 19.6 Å². The maximum Gasteiger partial charge on any atom is 0.245 e. The van der Waals surface area contributed by atoms with Gasteiger partial charge in [0, 0.05) is 13.1 Å². The van der Waals surface area contributed by atoms with Crippen molar-refractivity contribution in [2.24, 2.45) is 0 Å². The van der Waals surface area contributed by atoms with Gasteiger partial charge >= 0.3 is 0 Å². The molecule has 96 valence electrons. The average molecular weight is 242 g/mol. The fourth-order valence-electron chi connectivity index (χ4n) is 2.40. The summed E-state index contributed by atoms with van der Waals surface area (Å²) in [5.41, 5.74) is 0. The van der Waals surface area contributed by atoms with Crippen LogP contribution < -0.4 is 0 Å². The fourth-order valence-corrected chi connectivity index (χ4v) is 2.40. The Kier molecular flexibility index (Phi) is 3.96. The van der Waals surface area contributed by atoms with Crippen molar-refractivity contribution < 1.29 is 19.4 Å². The number of hydrogen-bond donors (Lipinski definition) is 1. The number of amides is 2. The fraction of sp³-hybridized carbons (Fsp3) is 0.818. The van der Waals surface area contributed by atoms with Gasteiger partial charge in [0.05, 0.1) is 26.4 Å². The molecule has 0 aromatic rings. The minimum absolute atomic E-state index is 0.0245. The second-order valence-electron chi connectivity index (χ2n) is 4.34. The summed E-state index contributed by atoms with van der Waals surface area (Å²) >= 11 is 0. The lowest BCUT2D eigenvalue weighted by molar-refractivity contribution is -0.154. The van der Waals surface area contributed by atoms with Crippen LogP contribution in [0.2, 0.25) is 0 Å². The van der Waals surface area contributed by atoms with Crippen molar-refractivity contribution in [1.29, 1.82) is 0 Å². The molecule has 17 heavy (non-hydrogen) atoms. The normalized spacial score (nSPS) is 24.4. The number of aliphatic hydroxyl groups is 1. The van der Waals surface area contributed by atoms with E-state index in [2.05, 4.69) is 0 Å². The topological polar surface area (TPSA) is 70.1 Å². The molecule has 0 bridgehead atoms. The molecule has 1 atom stereocenters. The van der Waals surface area contributed by atoms with Gasteiger partial charge in [0.2, 0.25) is 11.8 Å². The minimum atomic E-state index is -0.242. The van der Waals surface area contributed by atoms with Crippen LogP contribution in [0.15, 0.2) is 0 Å². The molecule has 0 aromatic heterocycles. The van der Waals surface area contributed by atoms with Crippen LogP contribution in [0, 0.1) is 0 Å². The van der Waals surface area contributed by atoms with Gasteiger partial charge in [-0.1, -0.05) is 0 Å². The molecule has 2 rings (SSSR count). The van der Waals surface area contributed by atoms with E-state index in [0.717, 1.165) is 12.8 Å². The highest BCUT2D eigenvalue weighted by molar-refractivity contribution is 5.95. The number of nitrogens with zero attached hydrogens (tertiary/aromatic N) is 2. The van der Waals surface area contributed by atoms with Gasteiger partial charge in [-0.15, -0.1) is 0 Å². The zero-order valence-corrected chi connectivity index (χ0v) is 9.80. The van der Waals surface area contributed by atoms with Crippen LogP contribution >= 0.6 is 0 Å². The number of ether oxygens (including phenoxy) is 1. The molecule has 0 radical (unpaired) electrons. The summed E-state index contributed by atoms with van der Waals surface area (Å²) in [5, 5.41) is 8.55. The summed E-state index contributed by atoms with van der Waals surface area (Å²) in [6, 6.07) is -0.242. The first-order chi connectivity index (χ1) is 8.24. The Bertz CT molecular complexity index is 308. The number of hydrogen-bond acceptors (Lipinski definition) is 4. The number of rotatable bonds is 5. The van der Waals surface area contributed by atoms with Gasteiger partial charge in [0.25, 0.3) is 0 Å². The monoisotopic (exact) mass is 242 g/mol. The van der Waals surface area contributed by atoms with E-state index in [9.17, 15) is 9.59 Å². The Morgan fingerprint density at radius 1 is 1.35 bits per heavy atom. The predicted molar refractivity (Wildman–Crippen MR) is 59.2 cm³/mol. The molecule has 0 aromatic carbocycles. The minimum Gasteiger partial charge on any atom is -0.394 e. The Hall–Kier alpha value is -1.14. The van der Waals surface area contributed by atoms with Crippen molar-refractivity contribution in [2.45, 2.75) is 18.9 Å². The van der Waals surface area contributed by atoms with Crippen LogP contribution in [0.4, 0.5) is 0 Å². The molecular weight excluding hydrogens is 224 g/mol. The molecule has 2 fully saturated rings. The van der Waals surface area contributed by atoms with Crippen molar-refractivity contribution in [2.75, 3.05) is 39.5 Å². The van der Waals surface area contributed by atoms with Crippen molar-refractivity contribution in [3.05, 3.63) is 0 Å². The molecule has 6 nitrogen and oxygen atoms in total. The second-order valence-corrected chi connectivity index (χ2v) is 4.34. The standard InChI is InChI=1S/C11H18N2O4/c14-5-7-17-6-4-12-8-10(15)13-3-1-2-9(13)11(12)16/h9,14H,1-8H2. The predicted octanol–water partition coefficient (Wildman–Crippen LogP) is -1.17. The van der Waals surface area contributed by atoms with E-state index in [4.69, 9.17) is 9.84 Å². The Labute approximate surface area is 100 Å². The van der Waals surface area contributed by atoms with Crippen molar-refractivity contribution >= 4 is 11.8 Å². The van der Waals surface area contributed by atoms with Crippen LogP contribution in [0.3, 0.4) is 0 Å². The SMILES string of the molecule is O=C1C2CCCN2C(=O)CN1CCOCCO. The van der Waals surface area contributed by atoms with E-state index in [-0.39, 0.29) is 37.6 Å². The highest BCUT2D eigenvalue weighted by Gasteiger charge is 2.41. The molecule has 1 unspecified atom stereocenters. The highest BCUT2D eigenvalue weighted by atomic mass is 16.5. The van der Waals surface area contributed by atoms with Crippen molar-refractivity contribution in [3.8, 4) is 0 Å². The van der Waals surface area contributed by atoms with Gasteiger partial charge in [-0.2, -0.15) is 0 Å². The highest BCUT2D eigenvalue weighted by Crippen LogP contribution is 2.23. The summed E-state index contributed by atoms with van der Waals surface area (Å²) in [5.74, 6) is 0.0731. The van der Waals surface area contributed by atoms with Crippen LogP contribution in [0.1, 0.15) is 12.8 Å². The molecule has 2 heterocycles. The smallest absolute Gasteiger partial charge is 0.245 e. The average Bonchev–Trinajstić information content (AvgIpc) is 2.80. The third-order valence-corrected chi connectivity index (χ3v) is 3.24. The molecule has 1 N–H and O–H groups in total. The molecular formula is C11H18N2O4. The molecule has 0 saturated carbocycles. The Morgan fingerprint density at radius 2 is 2.18 bits per heavy atom. The molecule has 2 aliphatic rings. The third kappa shape index (κ3) is 2.58. The van der Waals surface area contributed by atoms with Gasteiger partial charge in [-0.25, -0.2) is 0 Å². The van der Waals surface area contributed by atoms with Crippen molar-refractivity contribution in [1.82, 2.24) is 9.80 Å². The van der Waals surface area contributed by atoms with E-state index in [1.54, 1.807) is 9.80 Å². The van der Waals surface area contributed by atoms with E-state index in [1.165, 1.54) is 0 Å². The van der Waals surface area contributed by atoms with E-state index < -0.39 is 0 Å². The number of piperazine rings is 1.